The Morgan fingerprint density at radius 1 is 0.102 bits per heavy atom. The number of benzene rings is 27. The van der Waals surface area contributed by atoms with E-state index in [-0.39, 0.29) is 16.2 Å². The van der Waals surface area contributed by atoms with Crippen molar-refractivity contribution in [3.63, 3.8) is 0 Å². The average Bonchev–Trinajstić information content (AvgIpc) is 1.58. The lowest BCUT2D eigenvalue weighted by Gasteiger charge is -2.23. The molecule has 0 saturated carbocycles. The third-order valence-corrected chi connectivity index (χ3v) is 33.1. The third-order valence-electron chi connectivity index (χ3n) is 33.1. The van der Waals surface area contributed by atoms with Gasteiger partial charge in [-0.2, -0.15) is 0 Å². The summed E-state index contributed by atoms with van der Waals surface area (Å²) in [5.74, 6) is 0. The van der Waals surface area contributed by atoms with E-state index in [9.17, 15) is 0 Å². The molecule has 0 aromatic heterocycles. The van der Waals surface area contributed by atoms with Crippen LogP contribution in [-0.2, 0) is 16.2 Å². The summed E-state index contributed by atoms with van der Waals surface area (Å²) in [5.41, 5.74) is 39.2. The van der Waals surface area contributed by atoms with Crippen molar-refractivity contribution in [3.05, 3.63) is 543 Å². The van der Waals surface area contributed by atoms with E-state index < -0.39 is 0 Å². The first-order chi connectivity index (χ1) is 72.2. The van der Waals surface area contributed by atoms with Gasteiger partial charge in [-0.05, 0) is 339 Å². The van der Waals surface area contributed by atoms with Gasteiger partial charge in [-0.1, -0.05) is 509 Å². The zero-order valence-corrected chi connectivity index (χ0v) is 83.0. The highest BCUT2D eigenvalue weighted by atomic mass is 14.4. The summed E-state index contributed by atoms with van der Waals surface area (Å²) < 4.78 is 0. The molecule has 0 heterocycles. The van der Waals surface area contributed by atoms with Gasteiger partial charge in [0.25, 0.3) is 0 Å². The fraction of sp³-hybridized carbons (Fsp3) is 0.0612. The van der Waals surface area contributed by atoms with Gasteiger partial charge in [-0.15, -0.1) is 0 Å². The Labute approximate surface area is 857 Å². The smallest absolute Gasteiger partial charge is 0.0159 e. The Morgan fingerprint density at radius 2 is 0.313 bits per heavy atom. The molecule has 0 saturated heterocycles. The fourth-order valence-corrected chi connectivity index (χ4v) is 26.0. The van der Waals surface area contributed by atoms with Gasteiger partial charge in [0.2, 0.25) is 0 Å². The molecule has 0 amide bonds. The molecule has 27 aromatic carbocycles. The second kappa shape index (κ2) is 34.1. The van der Waals surface area contributed by atoms with E-state index in [0.717, 1.165) is 0 Å². The van der Waals surface area contributed by atoms with Crippen LogP contribution in [0.3, 0.4) is 0 Å². The van der Waals surface area contributed by atoms with E-state index in [4.69, 9.17) is 0 Å². The summed E-state index contributed by atoms with van der Waals surface area (Å²) >= 11 is 0. The third kappa shape index (κ3) is 13.9. The van der Waals surface area contributed by atoms with Gasteiger partial charge in [0.05, 0.1) is 0 Å². The van der Waals surface area contributed by atoms with Crippen molar-refractivity contribution in [3.8, 4) is 134 Å². The average molecular weight is 1870 g/mol. The van der Waals surface area contributed by atoms with Crippen LogP contribution in [0, 0.1) is 0 Å². The SMILES string of the molecule is CC1(C)c2cc(-c3c4ccccc4c(-c4ccc(-c5cccc6ccccc56)cc4)c4ccccc34)ccc2-c2cc3ccccc3cc21.CC1(C)c2ccc(-c3c4ccccc4c(-c4ccc(-c5cccc6ccccc56)cc4)c4ccccc34)cc2-c2c1ccc1ccccc21.CC1(C)c2ccc(-c3c4ccccc4c(-c4ccc(-c5cccc6ccccc56)cc4)c4ccccc34)cc2-c2cc3ccccc3cc21. The normalized spacial score (nSPS) is 13.3. The van der Waals surface area contributed by atoms with Gasteiger partial charge in [0.15, 0.2) is 0 Å². The van der Waals surface area contributed by atoms with Gasteiger partial charge < -0.3 is 0 Å². The molecule has 147 heavy (non-hydrogen) atoms. The van der Waals surface area contributed by atoms with Crippen molar-refractivity contribution in [1.82, 2.24) is 0 Å². The lowest BCUT2D eigenvalue weighted by atomic mass is 9.80. The van der Waals surface area contributed by atoms with Crippen LogP contribution in [0.25, 0.3) is 263 Å². The molecule has 0 unspecified atom stereocenters. The molecular weight excluding hydrogens is 1770 g/mol. The molecule has 0 bridgehead atoms. The first-order valence-corrected chi connectivity index (χ1v) is 51.8. The van der Waals surface area contributed by atoms with Crippen LogP contribution < -0.4 is 0 Å². The molecule has 30 rings (SSSR count). The van der Waals surface area contributed by atoms with E-state index in [2.05, 4.69) is 551 Å². The van der Waals surface area contributed by atoms with E-state index in [1.165, 1.54) is 296 Å². The van der Waals surface area contributed by atoms with Crippen molar-refractivity contribution < 1.29 is 0 Å². The number of hydrogen-bond donors (Lipinski definition) is 0. The second-order valence-electron chi connectivity index (χ2n) is 42.2. The van der Waals surface area contributed by atoms with Gasteiger partial charge in [-0.3, -0.25) is 0 Å². The summed E-state index contributed by atoms with van der Waals surface area (Å²) in [4.78, 5) is 0. The molecule has 0 heteroatoms. The van der Waals surface area contributed by atoms with Crippen LogP contribution in [-0.4, -0.2) is 0 Å². The molecule has 0 spiro atoms. The Hall–Kier alpha value is -17.9. The van der Waals surface area contributed by atoms with Crippen molar-refractivity contribution >= 4 is 129 Å². The molecule has 0 atom stereocenters. The molecule has 0 aliphatic heterocycles. The molecule has 0 nitrogen and oxygen atoms in total. The fourth-order valence-electron chi connectivity index (χ4n) is 26.0. The number of hydrogen-bond acceptors (Lipinski definition) is 0. The maximum Gasteiger partial charge on any atom is 0.0159 e. The first-order valence-electron chi connectivity index (χ1n) is 51.8. The van der Waals surface area contributed by atoms with Gasteiger partial charge in [-0.25, -0.2) is 0 Å². The van der Waals surface area contributed by atoms with Crippen LogP contribution >= 0.6 is 0 Å². The second-order valence-corrected chi connectivity index (χ2v) is 42.2. The van der Waals surface area contributed by atoms with Crippen LogP contribution in [0.5, 0.6) is 0 Å². The molecule has 3 aliphatic carbocycles. The molecule has 0 radical (unpaired) electrons. The van der Waals surface area contributed by atoms with Crippen LogP contribution in [0.15, 0.2) is 510 Å². The van der Waals surface area contributed by atoms with E-state index in [1.807, 2.05) is 0 Å². The summed E-state index contributed by atoms with van der Waals surface area (Å²) in [5, 5.41) is 30.9. The molecule has 0 fully saturated rings. The van der Waals surface area contributed by atoms with Crippen LogP contribution in [0.4, 0.5) is 0 Å². The minimum Gasteiger partial charge on any atom is -0.0616 e. The van der Waals surface area contributed by atoms with E-state index in [1.54, 1.807) is 0 Å². The summed E-state index contributed by atoms with van der Waals surface area (Å²) in [7, 11) is 0. The monoisotopic (exact) mass is 1870 g/mol. The Kier molecular flexibility index (Phi) is 20.2. The minimum absolute atomic E-state index is 0.0561. The molecule has 0 N–H and O–H groups in total. The quantitative estimate of drug-likeness (QED) is 0.126. The lowest BCUT2D eigenvalue weighted by molar-refractivity contribution is 0.661. The van der Waals surface area contributed by atoms with E-state index >= 15 is 0 Å². The van der Waals surface area contributed by atoms with Gasteiger partial charge >= 0.3 is 0 Å². The van der Waals surface area contributed by atoms with Crippen LogP contribution in [0.1, 0.15) is 74.9 Å². The molecule has 3 aliphatic rings. The predicted molar refractivity (Wildman–Crippen MR) is 631 cm³/mol. The zero-order chi connectivity index (χ0) is 98.1. The van der Waals surface area contributed by atoms with Gasteiger partial charge in [0, 0.05) is 16.2 Å². The summed E-state index contributed by atoms with van der Waals surface area (Å²) in [6, 6.07) is 189. The highest BCUT2D eigenvalue weighted by Crippen LogP contribution is 2.59. The van der Waals surface area contributed by atoms with Gasteiger partial charge in [0.1, 0.15) is 0 Å². The van der Waals surface area contributed by atoms with Crippen molar-refractivity contribution in [1.29, 1.82) is 0 Å². The topological polar surface area (TPSA) is 0 Å². The zero-order valence-electron chi connectivity index (χ0n) is 83.0. The highest BCUT2D eigenvalue weighted by molar-refractivity contribution is 6.26. The summed E-state index contributed by atoms with van der Waals surface area (Å²) in [6.07, 6.45) is 0. The number of rotatable bonds is 9. The highest BCUT2D eigenvalue weighted by Gasteiger charge is 2.40. The Bertz CT molecular complexity index is 9980. The number of fused-ring (bicyclic) bond motifs is 22. The molecular formula is C147H102. The lowest BCUT2D eigenvalue weighted by Crippen LogP contribution is -2.15. The standard InChI is InChI=1S/3C49H34/c1-49(2)44-28-27-35(30-43(44)48-38-16-6-4-13-32(38)26-29-45(48)49)47-41-19-9-7-17-39(41)46(40-18-8-10-20-42(40)47)34-24-22-33(23-25-34)37-21-11-14-31-12-3-5-15-36(31)37;1-49(2)45-27-26-36(29-43(45)44-28-34-13-3-4-14-35(34)30-46(44)49)48-41-19-9-7-17-39(41)47(40-18-8-10-20-42(40)48)33-24-22-32(23-25-33)38-21-11-15-31-12-5-6-16-37(31)38;1-49(2)45-30-36(26-27-39(45)44-28-34-13-3-4-14-35(34)29-46(44)49)48-42-19-9-7-17-40(42)47(41-18-8-10-20-43(41)48)33-24-22-32(23-25-33)38-21-11-15-31-12-5-6-16-37(31)38/h3*3-30H,1-2H3. The summed E-state index contributed by atoms with van der Waals surface area (Å²) in [6.45, 7) is 14.3. The van der Waals surface area contributed by atoms with Crippen molar-refractivity contribution in [2.24, 2.45) is 0 Å². The molecule has 690 valence electrons. The van der Waals surface area contributed by atoms with Crippen LogP contribution in [0.2, 0.25) is 0 Å². The van der Waals surface area contributed by atoms with Crippen molar-refractivity contribution in [2.45, 2.75) is 57.8 Å². The molecule has 27 aromatic rings. The van der Waals surface area contributed by atoms with E-state index in [0.29, 0.717) is 0 Å². The Morgan fingerprint density at radius 3 is 0.660 bits per heavy atom. The first kappa shape index (κ1) is 86.9. The maximum absolute atomic E-state index is 2.48. The Balaban J connectivity index is 0.000000107. The minimum atomic E-state index is -0.0952. The predicted octanol–water partition coefficient (Wildman–Crippen LogP) is 40.8. The largest absolute Gasteiger partial charge is 0.0616 e. The maximum atomic E-state index is 2.48. The van der Waals surface area contributed by atoms with Crippen molar-refractivity contribution in [2.75, 3.05) is 0 Å².